The fourth-order valence-corrected chi connectivity index (χ4v) is 0.549. The molecule has 0 heterocycles. The molecule has 0 aliphatic rings. The van der Waals surface area contributed by atoms with E-state index in [2.05, 4.69) is 15.8 Å². The Labute approximate surface area is 70.5 Å². The van der Waals surface area contributed by atoms with E-state index >= 15 is 0 Å². The summed E-state index contributed by atoms with van der Waals surface area (Å²) in [6.07, 6.45) is 0. The van der Waals surface area contributed by atoms with E-state index < -0.39 is 20.4 Å². The molecule has 0 aliphatic carbocycles. The van der Waals surface area contributed by atoms with Gasteiger partial charge in [0.25, 0.3) is 0 Å². The highest BCUT2D eigenvalue weighted by atomic mass is 31.2. The molecule has 70 valence electrons. The van der Waals surface area contributed by atoms with E-state index in [1.165, 1.54) is 6.92 Å². The van der Waals surface area contributed by atoms with Crippen LogP contribution in [0.3, 0.4) is 0 Å². The summed E-state index contributed by atoms with van der Waals surface area (Å²) in [5.74, 6) is -0.650. The second-order valence-electron chi connectivity index (χ2n) is 2.26. The zero-order chi connectivity index (χ0) is 9.78. The zero-order valence-corrected chi connectivity index (χ0v) is 7.84. The number of carbonyl (C=O) groups excluding carboxylic acids is 1. The van der Waals surface area contributed by atoms with Crippen molar-refractivity contribution in [1.29, 1.82) is 0 Å². The minimum Gasteiger partial charge on any atom is -0.435 e. The summed E-state index contributed by atoms with van der Waals surface area (Å²) in [5, 5.41) is 0. The van der Waals surface area contributed by atoms with Crippen LogP contribution in [0.25, 0.3) is 0 Å². The summed E-state index contributed by atoms with van der Waals surface area (Å²) in [5.41, 5.74) is 0.211. The van der Waals surface area contributed by atoms with Gasteiger partial charge >= 0.3 is 13.6 Å². The predicted molar refractivity (Wildman–Crippen MR) is 42.6 cm³/mol. The topological polar surface area (TPSA) is 72.8 Å². The Kier molecular flexibility index (Phi) is 4.17. The van der Waals surface area contributed by atoms with Crippen molar-refractivity contribution in [3.63, 3.8) is 0 Å². The average molecular weight is 194 g/mol. The molecule has 0 aromatic heterocycles. The third kappa shape index (κ3) is 6.09. The van der Waals surface area contributed by atoms with Crippen LogP contribution in [0.15, 0.2) is 12.2 Å². The number of rotatable bonds is 4. The van der Waals surface area contributed by atoms with Crippen LogP contribution in [0.4, 0.5) is 0 Å². The van der Waals surface area contributed by atoms with E-state index in [4.69, 9.17) is 4.89 Å². The average Bonchev–Trinajstić information content (AvgIpc) is 1.84. The molecular formula is C6H11O5P. The minimum absolute atomic E-state index is 0.211. The second-order valence-corrected chi connectivity index (χ2v) is 4.13. The summed E-state index contributed by atoms with van der Waals surface area (Å²) < 4.78 is 19.1. The molecule has 0 aromatic rings. The molecule has 1 unspecified atom stereocenters. The van der Waals surface area contributed by atoms with Crippen molar-refractivity contribution in [2.24, 2.45) is 0 Å². The zero-order valence-electron chi connectivity index (χ0n) is 6.94. The van der Waals surface area contributed by atoms with Crippen LogP contribution >= 0.6 is 7.60 Å². The SMILES string of the molecule is C=C(C)C(=O)OCOP(C)(=O)O. The Balaban J connectivity index is 3.65. The van der Waals surface area contributed by atoms with Crippen LogP contribution in [0.1, 0.15) is 6.92 Å². The molecule has 0 amide bonds. The normalized spacial score (nSPS) is 14.9. The lowest BCUT2D eigenvalue weighted by Gasteiger charge is -2.06. The van der Waals surface area contributed by atoms with Crippen LogP contribution in [-0.2, 0) is 18.6 Å². The first kappa shape index (κ1) is 11.4. The fraction of sp³-hybridized carbons (Fsp3) is 0.500. The molecule has 0 saturated heterocycles. The van der Waals surface area contributed by atoms with E-state index in [-0.39, 0.29) is 5.57 Å². The lowest BCUT2D eigenvalue weighted by molar-refractivity contribution is -0.145. The van der Waals surface area contributed by atoms with Crippen molar-refractivity contribution in [1.82, 2.24) is 0 Å². The van der Waals surface area contributed by atoms with Crippen molar-refractivity contribution in [2.45, 2.75) is 6.92 Å². The molecule has 0 spiro atoms. The van der Waals surface area contributed by atoms with Gasteiger partial charge < -0.3 is 9.63 Å². The maximum absolute atomic E-state index is 10.7. The highest BCUT2D eigenvalue weighted by molar-refractivity contribution is 7.51. The van der Waals surface area contributed by atoms with Gasteiger partial charge in [0.1, 0.15) is 0 Å². The first-order valence-electron chi connectivity index (χ1n) is 3.10. The van der Waals surface area contributed by atoms with Gasteiger partial charge in [-0.2, -0.15) is 0 Å². The maximum atomic E-state index is 10.7. The number of hydrogen-bond acceptors (Lipinski definition) is 4. The molecule has 0 fully saturated rings. The van der Waals surface area contributed by atoms with Crippen molar-refractivity contribution >= 4 is 13.6 Å². The van der Waals surface area contributed by atoms with Gasteiger partial charge in [-0.3, -0.25) is 9.09 Å². The lowest BCUT2D eigenvalue weighted by Crippen LogP contribution is -2.07. The standard InChI is InChI=1S/C6H11O5P/c1-5(2)6(7)10-4-11-12(3,8)9/h1,4H2,2-3H3,(H,8,9). The Morgan fingerprint density at radius 2 is 2.17 bits per heavy atom. The van der Waals surface area contributed by atoms with Gasteiger partial charge in [0.05, 0.1) is 0 Å². The van der Waals surface area contributed by atoms with Crippen LogP contribution < -0.4 is 0 Å². The number of carbonyl (C=O) groups is 1. The molecule has 1 N–H and O–H groups in total. The van der Waals surface area contributed by atoms with Crippen LogP contribution in [0, 0.1) is 0 Å². The van der Waals surface area contributed by atoms with E-state index in [0.29, 0.717) is 0 Å². The third-order valence-corrected chi connectivity index (χ3v) is 1.42. The van der Waals surface area contributed by atoms with Crippen molar-refractivity contribution in [3.8, 4) is 0 Å². The molecular weight excluding hydrogens is 183 g/mol. The van der Waals surface area contributed by atoms with Gasteiger partial charge in [0.15, 0.2) is 0 Å². The molecule has 0 bridgehead atoms. The van der Waals surface area contributed by atoms with Gasteiger partial charge in [-0.25, -0.2) is 4.79 Å². The second kappa shape index (κ2) is 4.40. The Hall–Kier alpha value is -0.640. The summed E-state index contributed by atoms with van der Waals surface area (Å²) in [7, 11) is -3.56. The molecule has 0 aromatic carbocycles. The summed E-state index contributed by atoms with van der Waals surface area (Å²) in [4.78, 5) is 19.2. The smallest absolute Gasteiger partial charge is 0.335 e. The van der Waals surface area contributed by atoms with Gasteiger partial charge in [0, 0.05) is 12.2 Å². The maximum Gasteiger partial charge on any atom is 0.335 e. The largest absolute Gasteiger partial charge is 0.435 e. The van der Waals surface area contributed by atoms with Crippen LogP contribution in [0.2, 0.25) is 0 Å². The number of hydrogen-bond donors (Lipinski definition) is 1. The molecule has 1 atom stereocenters. The van der Waals surface area contributed by atoms with E-state index in [0.717, 1.165) is 6.66 Å². The number of ether oxygens (including phenoxy) is 1. The van der Waals surface area contributed by atoms with Crippen LogP contribution in [0.5, 0.6) is 0 Å². The molecule has 0 rings (SSSR count). The van der Waals surface area contributed by atoms with E-state index in [9.17, 15) is 9.36 Å². The molecule has 0 aliphatic heterocycles. The van der Waals surface area contributed by atoms with Gasteiger partial charge in [-0.05, 0) is 6.92 Å². The summed E-state index contributed by atoms with van der Waals surface area (Å²) in [6.45, 7) is 5.24. The molecule has 5 nitrogen and oxygen atoms in total. The minimum atomic E-state index is -3.56. The van der Waals surface area contributed by atoms with E-state index in [1.807, 2.05) is 0 Å². The molecule has 0 saturated carbocycles. The first-order valence-corrected chi connectivity index (χ1v) is 5.13. The van der Waals surface area contributed by atoms with Crippen molar-refractivity contribution < 1.29 is 23.5 Å². The summed E-state index contributed by atoms with van der Waals surface area (Å²) in [6, 6.07) is 0. The Bertz CT molecular complexity index is 228. The predicted octanol–water partition coefficient (Wildman–Crippen LogP) is 0.895. The Morgan fingerprint density at radius 1 is 1.67 bits per heavy atom. The van der Waals surface area contributed by atoms with Crippen LogP contribution in [-0.4, -0.2) is 24.3 Å². The van der Waals surface area contributed by atoms with Crippen molar-refractivity contribution in [3.05, 3.63) is 12.2 Å². The number of esters is 1. The summed E-state index contributed by atoms with van der Waals surface area (Å²) >= 11 is 0. The van der Waals surface area contributed by atoms with Gasteiger partial charge in [-0.1, -0.05) is 6.58 Å². The quantitative estimate of drug-likeness (QED) is 0.311. The molecule has 0 radical (unpaired) electrons. The first-order chi connectivity index (χ1) is 5.33. The van der Waals surface area contributed by atoms with Gasteiger partial charge in [-0.15, -0.1) is 0 Å². The third-order valence-electron chi connectivity index (χ3n) is 0.831. The monoisotopic (exact) mass is 194 g/mol. The highest BCUT2D eigenvalue weighted by Crippen LogP contribution is 2.36. The molecule has 12 heavy (non-hydrogen) atoms. The fourth-order valence-electron chi connectivity index (χ4n) is 0.301. The van der Waals surface area contributed by atoms with Gasteiger partial charge in [0.2, 0.25) is 6.79 Å². The Morgan fingerprint density at radius 3 is 2.50 bits per heavy atom. The molecule has 6 heteroatoms. The highest BCUT2D eigenvalue weighted by Gasteiger charge is 2.11. The van der Waals surface area contributed by atoms with E-state index in [1.54, 1.807) is 0 Å². The van der Waals surface area contributed by atoms with Crippen molar-refractivity contribution in [2.75, 3.05) is 13.5 Å². The lowest BCUT2D eigenvalue weighted by atomic mass is 10.4.